The summed E-state index contributed by atoms with van der Waals surface area (Å²) in [4.78, 5) is 11.1. The molecule has 0 saturated heterocycles. The van der Waals surface area contributed by atoms with Crippen molar-refractivity contribution < 1.29 is 0 Å². The molecular weight excluding hydrogens is 330 g/mol. The topological polar surface area (TPSA) is 52.6 Å². The fourth-order valence-electron chi connectivity index (χ4n) is 2.46. The van der Waals surface area contributed by atoms with E-state index in [2.05, 4.69) is 83.1 Å². The summed E-state index contributed by atoms with van der Waals surface area (Å²) in [7, 11) is 5.97. The van der Waals surface area contributed by atoms with Gasteiger partial charge in [0.25, 0.3) is 0 Å². The van der Waals surface area contributed by atoms with Crippen LogP contribution in [0.4, 0.5) is 0 Å². The fourth-order valence-corrected chi connectivity index (χ4v) is 3.35. The van der Waals surface area contributed by atoms with Crippen LogP contribution in [0.3, 0.4) is 0 Å². The summed E-state index contributed by atoms with van der Waals surface area (Å²) in [5.41, 5.74) is 3.77. The highest BCUT2D eigenvalue weighted by molar-refractivity contribution is 7.09. The van der Waals surface area contributed by atoms with Crippen molar-refractivity contribution in [2.75, 3.05) is 21.1 Å². The average molecular weight is 360 g/mol. The fraction of sp³-hybridized carbons (Fsp3) is 0.474. The number of hydrogen-bond acceptors (Lipinski definition) is 4. The maximum absolute atomic E-state index is 4.65. The van der Waals surface area contributed by atoms with Gasteiger partial charge in [0, 0.05) is 25.5 Å². The molecule has 0 fully saturated rings. The zero-order valence-corrected chi connectivity index (χ0v) is 16.7. The molecule has 0 spiro atoms. The highest BCUT2D eigenvalue weighted by Gasteiger charge is 2.07. The maximum Gasteiger partial charge on any atom is 0.191 e. The lowest BCUT2D eigenvalue weighted by Crippen LogP contribution is -2.36. The maximum atomic E-state index is 4.65. The van der Waals surface area contributed by atoms with Crippen molar-refractivity contribution in [2.45, 2.75) is 39.4 Å². The Bertz CT molecular complexity index is 691. The Kier molecular flexibility index (Phi) is 7.40. The monoisotopic (exact) mass is 359 g/mol. The molecule has 25 heavy (non-hydrogen) atoms. The molecule has 0 saturated carbocycles. The smallest absolute Gasteiger partial charge is 0.191 e. The van der Waals surface area contributed by atoms with Gasteiger partial charge in [-0.05, 0) is 31.1 Å². The van der Waals surface area contributed by atoms with Gasteiger partial charge in [0.1, 0.15) is 5.01 Å². The summed E-state index contributed by atoms with van der Waals surface area (Å²) in [5.74, 6) is 1.26. The van der Waals surface area contributed by atoms with Gasteiger partial charge < -0.3 is 15.5 Å². The second kappa shape index (κ2) is 9.53. The molecule has 6 heteroatoms. The molecule has 0 bridgehead atoms. The van der Waals surface area contributed by atoms with Gasteiger partial charge in [-0.15, -0.1) is 11.3 Å². The number of thiazole rings is 1. The molecule has 0 amide bonds. The van der Waals surface area contributed by atoms with Crippen molar-refractivity contribution in [3.05, 3.63) is 51.5 Å². The first-order valence-electron chi connectivity index (χ1n) is 8.60. The lowest BCUT2D eigenvalue weighted by molar-refractivity contribution is 0.400. The van der Waals surface area contributed by atoms with Crippen LogP contribution in [-0.4, -0.2) is 37.0 Å². The normalized spacial score (nSPS) is 12.0. The van der Waals surface area contributed by atoms with Gasteiger partial charge in [0.15, 0.2) is 5.96 Å². The molecule has 2 rings (SSSR count). The molecule has 0 radical (unpaired) electrons. The molecule has 0 aliphatic carbocycles. The average Bonchev–Trinajstić information content (AvgIpc) is 3.05. The molecule has 0 aliphatic rings. The third-order valence-corrected chi connectivity index (χ3v) is 4.71. The first-order chi connectivity index (χ1) is 12.0. The van der Waals surface area contributed by atoms with E-state index in [1.807, 2.05) is 0 Å². The van der Waals surface area contributed by atoms with E-state index < -0.39 is 0 Å². The summed E-state index contributed by atoms with van der Waals surface area (Å²) in [5, 5.41) is 9.96. The molecular formula is C19H29N5S. The Labute approximate surface area is 155 Å². The van der Waals surface area contributed by atoms with E-state index in [0.29, 0.717) is 12.5 Å². The Morgan fingerprint density at radius 3 is 2.44 bits per heavy atom. The van der Waals surface area contributed by atoms with E-state index in [0.717, 1.165) is 29.8 Å². The molecule has 1 heterocycles. The molecule has 0 unspecified atom stereocenters. The van der Waals surface area contributed by atoms with Crippen LogP contribution in [-0.2, 0) is 19.6 Å². The Balaban J connectivity index is 1.90. The van der Waals surface area contributed by atoms with Crippen LogP contribution in [0.5, 0.6) is 0 Å². The van der Waals surface area contributed by atoms with Crippen LogP contribution in [0.1, 0.15) is 41.6 Å². The quantitative estimate of drug-likeness (QED) is 0.589. The van der Waals surface area contributed by atoms with Crippen molar-refractivity contribution >= 4 is 17.3 Å². The zero-order valence-electron chi connectivity index (χ0n) is 15.8. The van der Waals surface area contributed by atoms with E-state index in [-0.39, 0.29) is 0 Å². The Hall–Kier alpha value is -1.92. The number of nitrogens with zero attached hydrogens (tertiary/aromatic N) is 3. The van der Waals surface area contributed by atoms with Gasteiger partial charge in [-0.3, -0.25) is 4.99 Å². The molecule has 2 aromatic rings. The standard InChI is InChI=1S/C19H29N5S/c1-14(2)17-13-25-18(23-17)11-22-19(20-3)21-10-15-8-6-7-9-16(15)12-24(4)5/h6-9,13-14H,10-12H2,1-5H3,(H2,20,21,22). The lowest BCUT2D eigenvalue weighted by atomic mass is 10.1. The predicted octanol–water partition coefficient (Wildman–Crippen LogP) is 3.19. The Morgan fingerprint density at radius 1 is 1.16 bits per heavy atom. The third kappa shape index (κ3) is 6.14. The molecule has 1 aromatic heterocycles. The van der Waals surface area contributed by atoms with Crippen molar-refractivity contribution in [2.24, 2.45) is 4.99 Å². The highest BCUT2D eigenvalue weighted by atomic mass is 32.1. The van der Waals surface area contributed by atoms with E-state index in [1.165, 1.54) is 11.1 Å². The SMILES string of the molecule is CN=C(NCc1nc(C(C)C)cs1)NCc1ccccc1CN(C)C. The summed E-state index contributed by atoms with van der Waals surface area (Å²) < 4.78 is 0. The second-order valence-electron chi connectivity index (χ2n) is 6.61. The van der Waals surface area contributed by atoms with Gasteiger partial charge in [0.2, 0.25) is 0 Å². The molecule has 0 atom stereocenters. The van der Waals surface area contributed by atoms with Gasteiger partial charge in [0.05, 0.1) is 12.2 Å². The minimum atomic E-state index is 0.468. The lowest BCUT2D eigenvalue weighted by Gasteiger charge is -2.16. The minimum absolute atomic E-state index is 0.468. The number of benzene rings is 1. The van der Waals surface area contributed by atoms with Crippen LogP contribution in [0.15, 0.2) is 34.6 Å². The zero-order chi connectivity index (χ0) is 18.2. The first-order valence-corrected chi connectivity index (χ1v) is 9.48. The van der Waals surface area contributed by atoms with E-state index in [1.54, 1.807) is 18.4 Å². The van der Waals surface area contributed by atoms with Crippen LogP contribution in [0.2, 0.25) is 0 Å². The van der Waals surface area contributed by atoms with Gasteiger partial charge in [-0.2, -0.15) is 0 Å². The number of rotatable bonds is 7. The van der Waals surface area contributed by atoms with Crippen LogP contribution in [0.25, 0.3) is 0 Å². The molecule has 1 aromatic carbocycles. The first kappa shape index (κ1) is 19.4. The van der Waals surface area contributed by atoms with E-state index in [9.17, 15) is 0 Å². The van der Waals surface area contributed by atoms with E-state index in [4.69, 9.17) is 0 Å². The molecule has 136 valence electrons. The largest absolute Gasteiger partial charge is 0.352 e. The molecule has 0 aliphatic heterocycles. The van der Waals surface area contributed by atoms with Crippen molar-refractivity contribution in [3.63, 3.8) is 0 Å². The number of nitrogens with one attached hydrogen (secondary N) is 2. The number of aromatic nitrogens is 1. The third-order valence-electron chi connectivity index (χ3n) is 3.84. The van der Waals surface area contributed by atoms with Crippen molar-refractivity contribution in [1.82, 2.24) is 20.5 Å². The summed E-state index contributed by atoms with van der Waals surface area (Å²) in [6.07, 6.45) is 0. The van der Waals surface area contributed by atoms with Crippen molar-refractivity contribution in [1.29, 1.82) is 0 Å². The van der Waals surface area contributed by atoms with Gasteiger partial charge in [-0.1, -0.05) is 38.1 Å². The number of guanidine groups is 1. The minimum Gasteiger partial charge on any atom is -0.352 e. The van der Waals surface area contributed by atoms with Gasteiger partial charge in [-0.25, -0.2) is 4.98 Å². The predicted molar refractivity (Wildman–Crippen MR) is 107 cm³/mol. The number of aliphatic imine (C=N–C) groups is 1. The highest BCUT2D eigenvalue weighted by Crippen LogP contribution is 2.17. The van der Waals surface area contributed by atoms with Crippen molar-refractivity contribution in [3.8, 4) is 0 Å². The Morgan fingerprint density at radius 2 is 1.84 bits per heavy atom. The van der Waals surface area contributed by atoms with Gasteiger partial charge >= 0.3 is 0 Å². The molecule has 2 N–H and O–H groups in total. The van der Waals surface area contributed by atoms with Crippen LogP contribution in [0, 0.1) is 0 Å². The second-order valence-corrected chi connectivity index (χ2v) is 7.55. The van der Waals surface area contributed by atoms with Crippen LogP contribution < -0.4 is 10.6 Å². The summed E-state index contributed by atoms with van der Waals surface area (Å²) >= 11 is 1.69. The summed E-state index contributed by atoms with van der Waals surface area (Å²) in [6.45, 7) is 6.70. The van der Waals surface area contributed by atoms with E-state index >= 15 is 0 Å². The number of hydrogen-bond donors (Lipinski definition) is 2. The molecule has 5 nitrogen and oxygen atoms in total. The van der Waals surface area contributed by atoms with Crippen LogP contribution >= 0.6 is 11.3 Å². The summed E-state index contributed by atoms with van der Waals surface area (Å²) in [6, 6.07) is 8.50.